The summed E-state index contributed by atoms with van der Waals surface area (Å²) in [7, 11) is 0. The van der Waals surface area contributed by atoms with E-state index < -0.39 is 11.6 Å². The quantitative estimate of drug-likeness (QED) is 0.823. The van der Waals surface area contributed by atoms with E-state index in [1.165, 1.54) is 0 Å². The summed E-state index contributed by atoms with van der Waals surface area (Å²) in [6.07, 6.45) is 0. The maximum Gasteiger partial charge on any atom is 0.151 e. The molecule has 0 bridgehead atoms. The summed E-state index contributed by atoms with van der Waals surface area (Å²) in [6, 6.07) is 5.99. The van der Waals surface area contributed by atoms with Crippen molar-refractivity contribution in [2.45, 2.75) is 19.9 Å². The van der Waals surface area contributed by atoms with Gasteiger partial charge in [-0.3, -0.25) is 0 Å². The average molecular weight is 268 g/mol. The van der Waals surface area contributed by atoms with E-state index in [1.54, 1.807) is 11.3 Å². The molecule has 3 N–H and O–H groups in total. The van der Waals surface area contributed by atoms with Crippen LogP contribution in [0.15, 0.2) is 24.3 Å². The van der Waals surface area contributed by atoms with E-state index in [2.05, 4.69) is 5.32 Å². The summed E-state index contributed by atoms with van der Waals surface area (Å²) in [5.74, 6) is -1.35. The van der Waals surface area contributed by atoms with Gasteiger partial charge in [0, 0.05) is 15.4 Å². The predicted molar refractivity (Wildman–Crippen MR) is 71.9 cm³/mol. The standard InChI is InChI=1S/C13H14F2N2S/c1-7-3-4-12(18-7)8(2)17-13-10(14)5-9(16)6-11(13)15/h3-6,8,17H,16H2,1-2H3. The summed E-state index contributed by atoms with van der Waals surface area (Å²) >= 11 is 1.60. The Hall–Kier alpha value is -1.62. The molecule has 0 fully saturated rings. The summed E-state index contributed by atoms with van der Waals surface area (Å²) in [5, 5.41) is 2.84. The Morgan fingerprint density at radius 1 is 1.22 bits per heavy atom. The number of thiophene rings is 1. The van der Waals surface area contributed by atoms with Crippen LogP contribution in [0.1, 0.15) is 22.7 Å². The van der Waals surface area contributed by atoms with Gasteiger partial charge in [-0.1, -0.05) is 0 Å². The highest BCUT2D eigenvalue weighted by Gasteiger charge is 2.14. The fraction of sp³-hybridized carbons (Fsp3) is 0.231. The lowest BCUT2D eigenvalue weighted by atomic mass is 10.2. The molecule has 96 valence electrons. The van der Waals surface area contributed by atoms with Crippen molar-refractivity contribution in [3.05, 3.63) is 45.7 Å². The molecular weight excluding hydrogens is 254 g/mol. The number of halogens is 2. The van der Waals surface area contributed by atoms with Crippen molar-refractivity contribution < 1.29 is 8.78 Å². The second kappa shape index (κ2) is 4.94. The van der Waals surface area contributed by atoms with Gasteiger partial charge in [0.05, 0.1) is 6.04 Å². The van der Waals surface area contributed by atoms with Crippen LogP contribution in [0.25, 0.3) is 0 Å². The fourth-order valence-corrected chi connectivity index (χ4v) is 2.58. The molecule has 2 nitrogen and oxygen atoms in total. The van der Waals surface area contributed by atoms with E-state index in [1.807, 2.05) is 26.0 Å². The minimum atomic E-state index is -0.673. The molecule has 0 radical (unpaired) electrons. The van der Waals surface area contributed by atoms with Gasteiger partial charge >= 0.3 is 0 Å². The van der Waals surface area contributed by atoms with Crippen LogP contribution in [0.3, 0.4) is 0 Å². The molecule has 1 aromatic heterocycles. The van der Waals surface area contributed by atoms with Gasteiger partial charge in [-0.2, -0.15) is 0 Å². The second-order valence-corrected chi connectivity index (χ2v) is 5.49. The van der Waals surface area contributed by atoms with Crippen LogP contribution in [0.4, 0.5) is 20.2 Å². The van der Waals surface area contributed by atoms with Crippen molar-refractivity contribution in [3.8, 4) is 0 Å². The molecular formula is C13H14F2N2S. The third-order valence-corrected chi connectivity index (χ3v) is 3.80. The van der Waals surface area contributed by atoms with Gasteiger partial charge in [-0.15, -0.1) is 11.3 Å². The van der Waals surface area contributed by atoms with Crippen LogP contribution >= 0.6 is 11.3 Å². The van der Waals surface area contributed by atoms with Gasteiger partial charge in [-0.05, 0) is 38.1 Å². The van der Waals surface area contributed by atoms with E-state index in [4.69, 9.17) is 5.73 Å². The van der Waals surface area contributed by atoms with E-state index in [9.17, 15) is 8.78 Å². The topological polar surface area (TPSA) is 38.0 Å². The number of hydrogen-bond donors (Lipinski definition) is 2. The number of anilines is 2. The highest BCUT2D eigenvalue weighted by atomic mass is 32.1. The highest BCUT2D eigenvalue weighted by Crippen LogP contribution is 2.29. The number of benzene rings is 1. The Morgan fingerprint density at radius 3 is 2.33 bits per heavy atom. The Bertz CT molecular complexity index is 543. The van der Waals surface area contributed by atoms with Gasteiger partial charge in [0.1, 0.15) is 5.69 Å². The molecule has 2 aromatic rings. The lowest BCUT2D eigenvalue weighted by molar-refractivity contribution is 0.586. The lowest BCUT2D eigenvalue weighted by Gasteiger charge is -2.15. The zero-order valence-electron chi connectivity index (χ0n) is 10.1. The van der Waals surface area contributed by atoms with Gasteiger partial charge < -0.3 is 11.1 Å². The number of nitrogens with one attached hydrogen (secondary N) is 1. The summed E-state index contributed by atoms with van der Waals surface area (Å²) < 4.78 is 27.2. The van der Waals surface area contributed by atoms with Gasteiger partial charge in [0.2, 0.25) is 0 Å². The molecule has 0 saturated heterocycles. The summed E-state index contributed by atoms with van der Waals surface area (Å²) in [5.41, 5.74) is 5.31. The van der Waals surface area contributed by atoms with E-state index in [0.717, 1.165) is 21.9 Å². The van der Waals surface area contributed by atoms with Crippen molar-refractivity contribution in [2.24, 2.45) is 0 Å². The first-order chi connectivity index (χ1) is 8.47. The Balaban J connectivity index is 2.24. The maximum atomic E-state index is 13.6. The van der Waals surface area contributed by atoms with Crippen LogP contribution in [-0.2, 0) is 0 Å². The van der Waals surface area contributed by atoms with E-state index in [-0.39, 0.29) is 17.4 Å². The first-order valence-corrected chi connectivity index (χ1v) is 6.36. The minimum absolute atomic E-state index is 0.0789. The van der Waals surface area contributed by atoms with Crippen molar-refractivity contribution >= 4 is 22.7 Å². The van der Waals surface area contributed by atoms with Gasteiger partial charge in [0.25, 0.3) is 0 Å². The van der Waals surface area contributed by atoms with Crippen LogP contribution in [0.2, 0.25) is 0 Å². The molecule has 1 heterocycles. The Labute approximate surface area is 108 Å². The largest absolute Gasteiger partial charge is 0.399 e. The highest BCUT2D eigenvalue weighted by molar-refractivity contribution is 7.12. The van der Waals surface area contributed by atoms with Crippen molar-refractivity contribution in [1.29, 1.82) is 0 Å². The predicted octanol–water partition coefficient (Wildman–Crippen LogP) is 4.09. The smallest absolute Gasteiger partial charge is 0.151 e. The molecule has 1 unspecified atom stereocenters. The first-order valence-electron chi connectivity index (χ1n) is 5.54. The number of hydrogen-bond acceptors (Lipinski definition) is 3. The molecule has 1 atom stereocenters. The molecule has 0 aliphatic heterocycles. The molecule has 0 saturated carbocycles. The van der Waals surface area contributed by atoms with Crippen LogP contribution in [-0.4, -0.2) is 0 Å². The van der Waals surface area contributed by atoms with Gasteiger partial charge in [-0.25, -0.2) is 8.78 Å². The lowest BCUT2D eigenvalue weighted by Crippen LogP contribution is -2.08. The van der Waals surface area contributed by atoms with Crippen LogP contribution in [0.5, 0.6) is 0 Å². The molecule has 0 aliphatic rings. The third-order valence-electron chi connectivity index (χ3n) is 2.61. The van der Waals surface area contributed by atoms with Crippen molar-refractivity contribution in [1.82, 2.24) is 0 Å². The molecule has 0 amide bonds. The molecule has 1 aromatic carbocycles. The first kappa shape index (κ1) is 12.8. The zero-order chi connectivity index (χ0) is 13.3. The fourth-order valence-electron chi connectivity index (χ4n) is 1.70. The van der Waals surface area contributed by atoms with Crippen molar-refractivity contribution in [2.75, 3.05) is 11.1 Å². The average Bonchev–Trinajstić information content (AvgIpc) is 2.70. The minimum Gasteiger partial charge on any atom is -0.399 e. The van der Waals surface area contributed by atoms with Crippen LogP contribution in [0, 0.1) is 18.6 Å². The third kappa shape index (κ3) is 2.61. The van der Waals surface area contributed by atoms with E-state index in [0.29, 0.717) is 0 Å². The number of aryl methyl sites for hydroxylation is 1. The second-order valence-electron chi connectivity index (χ2n) is 4.17. The summed E-state index contributed by atoms with van der Waals surface area (Å²) in [6.45, 7) is 3.85. The molecule has 0 spiro atoms. The molecule has 0 aliphatic carbocycles. The van der Waals surface area contributed by atoms with Gasteiger partial charge in [0.15, 0.2) is 11.6 Å². The monoisotopic (exact) mass is 268 g/mol. The molecule has 18 heavy (non-hydrogen) atoms. The molecule has 5 heteroatoms. The number of nitrogen functional groups attached to an aromatic ring is 1. The zero-order valence-corrected chi connectivity index (χ0v) is 10.9. The number of rotatable bonds is 3. The van der Waals surface area contributed by atoms with Crippen LogP contribution < -0.4 is 11.1 Å². The molecule has 2 rings (SSSR count). The van der Waals surface area contributed by atoms with Crippen molar-refractivity contribution in [3.63, 3.8) is 0 Å². The maximum absolute atomic E-state index is 13.6. The Morgan fingerprint density at radius 2 is 1.83 bits per heavy atom. The Kier molecular flexibility index (Phi) is 3.52. The summed E-state index contributed by atoms with van der Waals surface area (Å²) in [4.78, 5) is 2.19. The normalized spacial score (nSPS) is 12.4. The SMILES string of the molecule is Cc1ccc(C(C)Nc2c(F)cc(N)cc2F)s1. The van der Waals surface area contributed by atoms with E-state index >= 15 is 0 Å². The number of nitrogens with two attached hydrogens (primary N) is 1.